The molecule has 1 unspecified atom stereocenters. The van der Waals surface area contributed by atoms with Gasteiger partial charge in [0.2, 0.25) is 0 Å². The minimum atomic E-state index is -0.373. The van der Waals surface area contributed by atoms with Gasteiger partial charge in [-0.3, -0.25) is 4.79 Å². The average molecular weight is 460 g/mol. The quantitative estimate of drug-likeness (QED) is 0.528. The molecule has 1 heterocycles. The highest BCUT2D eigenvalue weighted by molar-refractivity contribution is 7.17. The number of nitrogens with one attached hydrogen (secondary N) is 1. The monoisotopic (exact) mass is 459 g/mol. The maximum atomic E-state index is 12.7. The van der Waals surface area contributed by atoms with Crippen LogP contribution in [0.3, 0.4) is 0 Å². The summed E-state index contributed by atoms with van der Waals surface area (Å²) in [5.41, 5.74) is 1.73. The molecule has 0 aliphatic heterocycles. The second-order valence-electron chi connectivity index (χ2n) is 8.98. The second kappa shape index (κ2) is 10.4. The van der Waals surface area contributed by atoms with Crippen molar-refractivity contribution in [3.05, 3.63) is 40.3 Å². The molecule has 7 heteroatoms. The largest absolute Gasteiger partial charge is 0.494 e. The maximum absolute atomic E-state index is 12.7. The highest BCUT2D eigenvalue weighted by atomic mass is 32.1. The summed E-state index contributed by atoms with van der Waals surface area (Å²) in [6.07, 6.45) is 2.75. The number of benzene rings is 1. The molecule has 1 aromatic carbocycles. The number of hydrogen-bond donors (Lipinski definition) is 1. The van der Waals surface area contributed by atoms with E-state index in [2.05, 4.69) is 26.1 Å². The number of rotatable bonds is 8. The Balaban J connectivity index is 1.72. The van der Waals surface area contributed by atoms with E-state index in [1.807, 2.05) is 6.92 Å². The van der Waals surface area contributed by atoms with E-state index < -0.39 is 0 Å². The van der Waals surface area contributed by atoms with Crippen molar-refractivity contribution in [1.29, 1.82) is 0 Å². The fourth-order valence-corrected chi connectivity index (χ4v) is 5.27. The van der Waals surface area contributed by atoms with E-state index in [-0.39, 0.29) is 23.9 Å². The zero-order valence-corrected chi connectivity index (χ0v) is 20.4. The minimum Gasteiger partial charge on any atom is -0.494 e. The Kier molecular flexibility index (Phi) is 7.82. The molecule has 32 heavy (non-hydrogen) atoms. The fraction of sp³-hybridized carbons (Fsp3) is 0.520. The standard InChI is InChI=1S/C25H33NO5S/c1-6-29-17-9-11-18(12-10-17)31-15-21(27)26-23-22(24(28)30-7-2)19-13-8-16(25(3,4)5)14-20(19)32-23/h9-12,16H,6-8,13-15H2,1-5H3,(H,26,27). The Hall–Kier alpha value is -2.54. The molecule has 0 radical (unpaired) electrons. The predicted octanol–water partition coefficient (Wildman–Crippen LogP) is 5.49. The Morgan fingerprint density at radius 1 is 1.06 bits per heavy atom. The lowest BCUT2D eigenvalue weighted by Gasteiger charge is -2.33. The predicted molar refractivity (Wildman–Crippen MR) is 127 cm³/mol. The average Bonchev–Trinajstić information content (AvgIpc) is 3.10. The normalized spacial score (nSPS) is 15.6. The van der Waals surface area contributed by atoms with Gasteiger partial charge in [-0.1, -0.05) is 20.8 Å². The number of carbonyl (C=O) groups is 2. The molecule has 1 aromatic heterocycles. The van der Waals surface area contributed by atoms with Crippen molar-refractivity contribution in [3.63, 3.8) is 0 Å². The molecule has 3 rings (SSSR count). The third kappa shape index (κ3) is 5.82. The van der Waals surface area contributed by atoms with Crippen LogP contribution < -0.4 is 14.8 Å². The van der Waals surface area contributed by atoms with E-state index in [4.69, 9.17) is 14.2 Å². The Morgan fingerprint density at radius 2 is 1.72 bits per heavy atom. The zero-order chi connectivity index (χ0) is 23.3. The molecule has 0 saturated carbocycles. The van der Waals surface area contributed by atoms with Crippen LogP contribution in [-0.4, -0.2) is 31.7 Å². The van der Waals surface area contributed by atoms with Crippen LogP contribution in [0.15, 0.2) is 24.3 Å². The number of thiophene rings is 1. The summed E-state index contributed by atoms with van der Waals surface area (Å²) in [4.78, 5) is 26.5. The van der Waals surface area contributed by atoms with Gasteiger partial charge in [-0.25, -0.2) is 4.79 Å². The summed E-state index contributed by atoms with van der Waals surface area (Å²) >= 11 is 1.49. The third-order valence-corrected chi connectivity index (χ3v) is 6.90. The van der Waals surface area contributed by atoms with Crippen LogP contribution in [0.5, 0.6) is 11.5 Å². The molecule has 174 valence electrons. The highest BCUT2D eigenvalue weighted by Crippen LogP contribution is 2.44. The first-order valence-electron chi connectivity index (χ1n) is 11.2. The Bertz CT molecular complexity index is 942. The molecule has 1 aliphatic rings. The van der Waals surface area contributed by atoms with E-state index in [9.17, 15) is 9.59 Å². The van der Waals surface area contributed by atoms with Crippen molar-refractivity contribution in [2.24, 2.45) is 11.3 Å². The van der Waals surface area contributed by atoms with Gasteiger partial charge in [0.15, 0.2) is 6.61 Å². The molecule has 2 aromatic rings. The molecule has 1 amide bonds. The highest BCUT2D eigenvalue weighted by Gasteiger charge is 2.34. The molecular weight excluding hydrogens is 426 g/mol. The second-order valence-corrected chi connectivity index (χ2v) is 10.1. The van der Waals surface area contributed by atoms with Crippen LogP contribution in [0.2, 0.25) is 0 Å². The van der Waals surface area contributed by atoms with Gasteiger partial charge in [0.05, 0.1) is 18.8 Å². The summed E-state index contributed by atoms with van der Waals surface area (Å²) in [7, 11) is 0. The van der Waals surface area contributed by atoms with Crippen LogP contribution in [-0.2, 0) is 22.4 Å². The van der Waals surface area contributed by atoms with Gasteiger partial charge in [0.1, 0.15) is 16.5 Å². The van der Waals surface area contributed by atoms with Crippen molar-refractivity contribution in [2.75, 3.05) is 25.1 Å². The van der Waals surface area contributed by atoms with Gasteiger partial charge in [0, 0.05) is 4.88 Å². The summed E-state index contributed by atoms with van der Waals surface area (Å²) in [5, 5.41) is 3.45. The van der Waals surface area contributed by atoms with Crippen LogP contribution >= 0.6 is 11.3 Å². The SMILES string of the molecule is CCOC(=O)c1c(NC(=O)COc2ccc(OCC)cc2)sc2c1CCC(C(C)(C)C)C2. The molecule has 1 atom stereocenters. The van der Waals surface area contributed by atoms with E-state index in [1.165, 1.54) is 16.2 Å². The zero-order valence-electron chi connectivity index (χ0n) is 19.6. The molecule has 0 saturated heterocycles. The first-order chi connectivity index (χ1) is 15.2. The van der Waals surface area contributed by atoms with Crippen molar-refractivity contribution in [2.45, 2.75) is 53.9 Å². The molecule has 0 bridgehead atoms. The molecule has 0 spiro atoms. The van der Waals surface area contributed by atoms with Crippen LogP contribution in [0, 0.1) is 11.3 Å². The molecular formula is C25H33NO5S. The minimum absolute atomic E-state index is 0.149. The van der Waals surface area contributed by atoms with E-state index in [1.54, 1.807) is 31.2 Å². The molecule has 0 fully saturated rings. The van der Waals surface area contributed by atoms with Crippen molar-refractivity contribution in [1.82, 2.24) is 0 Å². The summed E-state index contributed by atoms with van der Waals surface area (Å²) in [6, 6.07) is 7.13. The number of fused-ring (bicyclic) bond motifs is 1. The first kappa shape index (κ1) is 24.1. The van der Waals surface area contributed by atoms with Crippen molar-refractivity contribution < 1.29 is 23.8 Å². The number of amides is 1. The van der Waals surface area contributed by atoms with Crippen molar-refractivity contribution in [3.8, 4) is 11.5 Å². The summed E-state index contributed by atoms with van der Waals surface area (Å²) < 4.78 is 16.3. The smallest absolute Gasteiger partial charge is 0.341 e. The van der Waals surface area contributed by atoms with Crippen LogP contribution in [0.1, 0.15) is 61.8 Å². The van der Waals surface area contributed by atoms with E-state index in [0.29, 0.717) is 35.4 Å². The number of ether oxygens (including phenoxy) is 3. The Labute approximate surface area is 194 Å². The Morgan fingerprint density at radius 3 is 2.31 bits per heavy atom. The van der Waals surface area contributed by atoms with Gasteiger partial charge in [-0.2, -0.15) is 0 Å². The number of hydrogen-bond acceptors (Lipinski definition) is 6. The lowest BCUT2D eigenvalue weighted by atomic mass is 9.72. The van der Waals surface area contributed by atoms with Gasteiger partial charge in [-0.05, 0) is 74.3 Å². The molecule has 1 N–H and O–H groups in total. The molecule has 1 aliphatic carbocycles. The van der Waals surface area contributed by atoms with E-state index in [0.717, 1.165) is 30.6 Å². The lowest BCUT2D eigenvalue weighted by Crippen LogP contribution is -2.26. The topological polar surface area (TPSA) is 73.9 Å². The number of anilines is 1. The van der Waals surface area contributed by atoms with Gasteiger partial charge in [0.25, 0.3) is 5.91 Å². The van der Waals surface area contributed by atoms with Crippen LogP contribution in [0.25, 0.3) is 0 Å². The maximum Gasteiger partial charge on any atom is 0.341 e. The third-order valence-electron chi connectivity index (χ3n) is 5.73. The first-order valence-corrected chi connectivity index (χ1v) is 12.0. The van der Waals surface area contributed by atoms with E-state index >= 15 is 0 Å². The fourth-order valence-electron chi connectivity index (χ4n) is 3.94. The summed E-state index contributed by atoms with van der Waals surface area (Å²) in [5.74, 6) is 1.18. The van der Waals surface area contributed by atoms with Gasteiger partial charge < -0.3 is 19.5 Å². The molecule has 6 nitrogen and oxygen atoms in total. The number of carbonyl (C=O) groups excluding carboxylic acids is 2. The van der Waals surface area contributed by atoms with Gasteiger partial charge in [-0.15, -0.1) is 11.3 Å². The lowest BCUT2D eigenvalue weighted by molar-refractivity contribution is -0.118. The number of esters is 1. The summed E-state index contributed by atoms with van der Waals surface area (Å²) in [6.45, 7) is 11.2. The van der Waals surface area contributed by atoms with Gasteiger partial charge >= 0.3 is 5.97 Å². The van der Waals surface area contributed by atoms with Crippen molar-refractivity contribution >= 4 is 28.2 Å². The van der Waals surface area contributed by atoms with Crippen LogP contribution in [0.4, 0.5) is 5.00 Å².